The van der Waals surface area contributed by atoms with E-state index < -0.39 is 0 Å². The number of hydrogen-bond donors (Lipinski definition) is 0. The van der Waals surface area contributed by atoms with Crippen molar-refractivity contribution in [2.75, 3.05) is 7.05 Å². The second-order valence-electron chi connectivity index (χ2n) is 7.56. The van der Waals surface area contributed by atoms with Crippen molar-refractivity contribution >= 4 is 5.91 Å². The second-order valence-corrected chi connectivity index (χ2v) is 7.56. The minimum atomic E-state index is 0.0734. The van der Waals surface area contributed by atoms with Gasteiger partial charge in [-0.15, -0.1) is 10.2 Å². The summed E-state index contributed by atoms with van der Waals surface area (Å²) < 4.78 is 5.82. The lowest BCUT2D eigenvalue weighted by molar-refractivity contribution is 0.0696. The summed E-state index contributed by atoms with van der Waals surface area (Å²) in [5.74, 6) is 1.02. The zero-order valence-electron chi connectivity index (χ0n) is 16.4. The van der Waals surface area contributed by atoms with E-state index >= 15 is 0 Å². The first kappa shape index (κ1) is 18.4. The van der Waals surface area contributed by atoms with Crippen LogP contribution in [0, 0.1) is 6.92 Å². The zero-order chi connectivity index (χ0) is 19.5. The fourth-order valence-corrected chi connectivity index (χ4v) is 3.75. The van der Waals surface area contributed by atoms with Crippen molar-refractivity contribution in [3.8, 4) is 22.9 Å². The molecule has 0 N–H and O–H groups in total. The van der Waals surface area contributed by atoms with Gasteiger partial charge in [0.1, 0.15) is 0 Å². The van der Waals surface area contributed by atoms with Crippen molar-refractivity contribution in [2.45, 2.75) is 45.1 Å². The van der Waals surface area contributed by atoms with Crippen molar-refractivity contribution in [1.29, 1.82) is 0 Å². The first-order chi connectivity index (χ1) is 13.6. The van der Waals surface area contributed by atoms with Crippen LogP contribution in [-0.4, -0.2) is 34.1 Å². The molecule has 1 aromatic heterocycles. The number of rotatable bonds is 4. The Kier molecular flexibility index (Phi) is 5.24. The van der Waals surface area contributed by atoms with Crippen LogP contribution < -0.4 is 0 Å². The molecule has 0 aliphatic heterocycles. The number of nitrogens with zero attached hydrogens (tertiary/aromatic N) is 3. The molecule has 0 bridgehead atoms. The predicted octanol–water partition coefficient (Wildman–Crippen LogP) is 5.12. The van der Waals surface area contributed by atoms with Gasteiger partial charge < -0.3 is 9.32 Å². The highest BCUT2D eigenvalue weighted by Crippen LogP contribution is 2.26. The van der Waals surface area contributed by atoms with Crippen molar-refractivity contribution in [2.24, 2.45) is 0 Å². The highest BCUT2D eigenvalue weighted by atomic mass is 16.4. The van der Waals surface area contributed by atoms with Gasteiger partial charge in [-0.3, -0.25) is 4.79 Å². The average molecular weight is 375 g/mol. The number of hydrogen-bond acceptors (Lipinski definition) is 4. The molecule has 1 amide bonds. The maximum atomic E-state index is 12.8. The summed E-state index contributed by atoms with van der Waals surface area (Å²) in [4.78, 5) is 14.7. The maximum absolute atomic E-state index is 12.8. The highest BCUT2D eigenvalue weighted by molar-refractivity contribution is 5.94. The lowest BCUT2D eigenvalue weighted by atomic mass is 9.94. The van der Waals surface area contributed by atoms with Crippen LogP contribution in [0.15, 0.2) is 52.9 Å². The third-order valence-electron chi connectivity index (χ3n) is 5.55. The Bertz CT molecular complexity index is 939. The maximum Gasteiger partial charge on any atom is 0.253 e. The van der Waals surface area contributed by atoms with Gasteiger partial charge in [-0.2, -0.15) is 0 Å². The van der Waals surface area contributed by atoms with Gasteiger partial charge in [-0.1, -0.05) is 37.0 Å². The molecule has 28 heavy (non-hydrogen) atoms. The van der Waals surface area contributed by atoms with Crippen molar-refractivity contribution < 1.29 is 9.21 Å². The number of amides is 1. The quantitative estimate of drug-likeness (QED) is 0.635. The first-order valence-corrected chi connectivity index (χ1v) is 9.90. The van der Waals surface area contributed by atoms with Crippen LogP contribution >= 0.6 is 0 Å². The van der Waals surface area contributed by atoms with E-state index in [1.807, 2.05) is 67.4 Å². The molecule has 5 nitrogen and oxygen atoms in total. The van der Waals surface area contributed by atoms with E-state index in [1.165, 1.54) is 24.8 Å². The van der Waals surface area contributed by atoms with Gasteiger partial charge in [0, 0.05) is 29.8 Å². The van der Waals surface area contributed by atoms with Crippen molar-refractivity contribution in [3.05, 3.63) is 59.7 Å². The SMILES string of the molecule is Cc1ccc(-c2nnc(-c3ccc(C(=O)N(C)C4CCCCC4)cc3)o2)cc1. The Morgan fingerprint density at radius 2 is 1.43 bits per heavy atom. The molecule has 0 unspecified atom stereocenters. The summed E-state index contributed by atoms with van der Waals surface area (Å²) in [6.45, 7) is 2.04. The molecule has 1 aliphatic rings. The Balaban J connectivity index is 1.48. The molecule has 1 saturated carbocycles. The van der Waals surface area contributed by atoms with E-state index in [1.54, 1.807) is 0 Å². The third-order valence-corrected chi connectivity index (χ3v) is 5.55. The van der Waals surface area contributed by atoms with Gasteiger partial charge in [0.25, 0.3) is 5.91 Å². The summed E-state index contributed by atoms with van der Waals surface area (Å²) >= 11 is 0. The Morgan fingerprint density at radius 1 is 0.893 bits per heavy atom. The van der Waals surface area contributed by atoms with E-state index in [0.29, 0.717) is 23.4 Å². The second kappa shape index (κ2) is 7.97. The summed E-state index contributed by atoms with van der Waals surface area (Å²) in [6.07, 6.45) is 5.90. The van der Waals surface area contributed by atoms with Crippen LogP contribution in [0.1, 0.15) is 48.0 Å². The molecule has 4 rings (SSSR count). The highest BCUT2D eigenvalue weighted by Gasteiger charge is 2.23. The molecule has 144 valence electrons. The number of aryl methyl sites for hydroxylation is 1. The molecule has 5 heteroatoms. The van der Waals surface area contributed by atoms with Crippen LogP contribution in [0.5, 0.6) is 0 Å². The van der Waals surface area contributed by atoms with E-state index in [4.69, 9.17) is 4.42 Å². The molecule has 1 fully saturated rings. The minimum Gasteiger partial charge on any atom is -0.416 e. The number of benzene rings is 2. The van der Waals surface area contributed by atoms with Crippen LogP contribution in [0.4, 0.5) is 0 Å². The van der Waals surface area contributed by atoms with Gasteiger partial charge in [-0.05, 0) is 56.2 Å². The number of carbonyl (C=O) groups excluding carboxylic acids is 1. The minimum absolute atomic E-state index is 0.0734. The van der Waals surface area contributed by atoms with Gasteiger partial charge in [0.15, 0.2) is 0 Å². The van der Waals surface area contributed by atoms with E-state index in [-0.39, 0.29) is 5.91 Å². The predicted molar refractivity (Wildman–Crippen MR) is 109 cm³/mol. The number of aromatic nitrogens is 2. The van der Waals surface area contributed by atoms with Gasteiger partial charge in [0.2, 0.25) is 11.8 Å². The van der Waals surface area contributed by atoms with E-state index in [9.17, 15) is 4.79 Å². The molecular weight excluding hydrogens is 350 g/mol. The van der Waals surface area contributed by atoms with Crippen LogP contribution in [0.3, 0.4) is 0 Å². The smallest absolute Gasteiger partial charge is 0.253 e. The zero-order valence-corrected chi connectivity index (χ0v) is 16.4. The van der Waals surface area contributed by atoms with Crippen LogP contribution in [-0.2, 0) is 0 Å². The fourth-order valence-electron chi connectivity index (χ4n) is 3.75. The molecule has 0 atom stereocenters. The topological polar surface area (TPSA) is 59.2 Å². The largest absolute Gasteiger partial charge is 0.416 e. The Hall–Kier alpha value is -2.95. The van der Waals surface area contributed by atoms with Crippen molar-refractivity contribution in [3.63, 3.8) is 0 Å². The third kappa shape index (κ3) is 3.84. The standard InChI is InChI=1S/C23H25N3O2/c1-16-8-10-17(11-9-16)21-24-25-22(28-21)18-12-14-19(15-13-18)23(27)26(2)20-6-4-3-5-7-20/h8-15,20H,3-7H2,1-2H3. The molecule has 2 aromatic carbocycles. The lowest BCUT2D eigenvalue weighted by Crippen LogP contribution is -2.38. The Labute approximate surface area is 165 Å². The molecule has 0 saturated heterocycles. The van der Waals surface area contributed by atoms with Gasteiger partial charge >= 0.3 is 0 Å². The molecule has 0 radical (unpaired) electrons. The summed E-state index contributed by atoms with van der Waals surface area (Å²) in [5.41, 5.74) is 3.57. The molecule has 0 spiro atoms. The summed E-state index contributed by atoms with van der Waals surface area (Å²) in [6, 6.07) is 15.7. The summed E-state index contributed by atoms with van der Waals surface area (Å²) in [7, 11) is 1.91. The molecule has 1 aliphatic carbocycles. The van der Waals surface area contributed by atoms with Crippen molar-refractivity contribution in [1.82, 2.24) is 15.1 Å². The van der Waals surface area contributed by atoms with Crippen LogP contribution in [0.2, 0.25) is 0 Å². The Morgan fingerprint density at radius 3 is 2.00 bits per heavy atom. The molecular formula is C23H25N3O2. The normalized spacial score (nSPS) is 14.8. The monoisotopic (exact) mass is 375 g/mol. The molecule has 1 heterocycles. The number of carbonyl (C=O) groups is 1. The van der Waals surface area contributed by atoms with Gasteiger partial charge in [-0.25, -0.2) is 0 Å². The lowest BCUT2D eigenvalue weighted by Gasteiger charge is -2.31. The van der Waals surface area contributed by atoms with E-state index in [0.717, 1.165) is 24.0 Å². The summed E-state index contributed by atoms with van der Waals surface area (Å²) in [5, 5.41) is 8.30. The first-order valence-electron chi connectivity index (χ1n) is 9.90. The fraction of sp³-hybridized carbons (Fsp3) is 0.348. The van der Waals surface area contributed by atoms with Gasteiger partial charge in [0.05, 0.1) is 0 Å². The molecule has 3 aromatic rings. The van der Waals surface area contributed by atoms with Crippen LogP contribution in [0.25, 0.3) is 22.9 Å². The van der Waals surface area contributed by atoms with E-state index in [2.05, 4.69) is 10.2 Å². The average Bonchev–Trinajstić information content (AvgIpc) is 3.24.